The molecule has 0 aliphatic carbocycles. The second kappa shape index (κ2) is 14.4. The molecule has 0 aromatic heterocycles. The van der Waals surface area contributed by atoms with Crippen molar-refractivity contribution in [2.24, 2.45) is 0 Å². The first-order valence-corrected chi connectivity index (χ1v) is 10.1. The van der Waals surface area contributed by atoms with Crippen molar-refractivity contribution in [1.29, 1.82) is 0 Å². The highest BCUT2D eigenvalue weighted by atomic mass is 28.3. The normalized spacial score (nSPS) is 12.4. The fourth-order valence-electron chi connectivity index (χ4n) is 1.72. The Bertz CT molecular complexity index is 97.8. The van der Waals surface area contributed by atoms with Gasteiger partial charge in [-0.2, -0.15) is 0 Å². The average molecular weight is 247 g/mol. The maximum atomic E-state index is 5.87. The third kappa shape index (κ3) is 14.4. The first-order valence-electron chi connectivity index (χ1n) is 6.99. The standard InChI is InChI=1S/C12H30OSi2/c1-3-5-7-9-11-14-13-15-12-10-8-6-4-2/h3-12,14-15H2,1-2H3. The lowest BCUT2D eigenvalue weighted by Crippen LogP contribution is -2.03. The summed E-state index contributed by atoms with van der Waals surface area (Å²) in [4.78, 5) is 0. The molecule has 1 nitrogen and oxygen atoms in total. The summed E-state index contributed by atoms with van der Waals surface area (Å²) in [7, 11) is -0.189. The van der Waals surface area contributed by atoms with Gasteiger partial charge >= 0.3 is 0 Å². The average Bonchev–Trinajstić information content (AvgIpc) is 2.26. The van der Waals surface area contributed by atoms with E-state index < -0.39 is 0 Å². The van der Waals surface area contributed by atoms with Crippen LogP contribution in [0.1, 0.15) is 65.2 Å². The topological polar surface area (TPSA) is 9.23 Å². The van der Waals surface area contributed by atoms with Crippen molar-refractivity contribution in [3.05, 3.63) is 0 Å². The molecule has 0 aliphatic rings. The highest BCUT2D eigenvalue weighted by molar-refractivity contribution is 6.42. The van der Waals surface area contributed by atoms with Gasteiger partial charge in [-0.3, -0.25) is 0 Å². The molecular formula is C12H30OSi2. The summed E-state index contributed by atoms with van der Waals surface area (Å²) >= 11 is 0. The van der Waals surface area contributed by atoms with Crippen LogP contribution < -0.4 is 0 Å². The zero-order valence-corrected chi connectivity index (χ0v) is 13.7. The largest absolute Gasteiger partial charge is 0.465 e. The Kier molecular flexibility index (Phi) is 14.8. The third-order valence-corrected chi connectivity index (χ3v) is 6.67. The second-order valence-electron chi connectivity index (χ2n) is 4.44. The van der Waals surface area contributed by atoms with Gasteiger partial charge in [0.1, 0.15) is 19.5 Å². The molecule has 0 aromatic carbocycles. The van der Waals surface area contributed by atoms with E-state index in [0.29, 0.717) is 0 Å². The van der Waals surface area contributed by atoms with Crippen LogP contribution in [0.4, 0.5) is 0 Å². The van der Waals surface area contributed by atoms with Crippen molar-refractivity contribution in [1.82, 2.24) is 0 Å². The van der Waals surface area contributed by atoms with E-state index in [1.807, 2.05) is 0 Å². The molecule has 0 saturated heterocycles. The van der Waals surface area contributed by atoms with Crippen molar-refractivity contribution in [3.63, 3.8) is 0 Å². The first-order chi connectivity index (χ1) is 7.41. The second-order valence-corrected chi connectivity index (χ2v) is 8.30. The van der Waals surface area contributed by atoms with Gasteiger partial charge in [0.15, 0.2) is 0 Å². The predicted molar refractivity (Wildman–Crippen MR) is 76.1 cm³/mol. The Morgan fingerprint density at radius 2 is 1.13 bits per heavy atom. The summed E-state index contributed by atoms with van der Waals surface area (Å²) < 4.78 is 5.87. The van der Waals surface area contributed by atoms with Crippen LogP contribution in [0.3, 0.4) is 0 Å². The van der Waals surface area contributed by atoms with Gasteiger partial charge in [0.25, 0.3) is 0 Å². The lowest BCUT2D eigenvalue weighted by Gasteiger charge is -2.03. The van der Waals surface area contributed by atoms with Gasteiger partial charge in [-0.15, -0.1) is 0 Å². The Labute approximate surface area is 101 Å². The molecule has 0 unspecified atom stereocenters. The molecule has 0 heterocycles. The van der Waals surface area contributed by atoms with E-state index in [9.17, 15) is 0 Å². The summed E-state index contributed by atoms with van der Waals surface area (Å²) in [5, 5.41) is 0. The van der Waals surface area contributed by atoms with Gasteiger partial charge in [0.2, 0.25) is 0 Å². The first kappa shape index (κ1) is 15.4. The Hall–Kier alpha value is 0.394. The van der Waals surface area contributed by atoms with Crippen molar-refractivity contribution >= 4 is 19.5 Å². The highest BCUT2D eigenvalue weighted by Crippen LogP contribution is 2.04. The maximum absolute atomic E-state index is 5.87. The minimum atomic E-state index is -0.0944. The highest BCUT2D eigenvalue weighted by Gasteiger charge is 1.93. The number of unbranched alkanes of at least 4 members (excludes halogenated alkanes) is 6. The molecule has 0 rings (SSSR count). The van der Waals surface area contributed by atoms with Crippen LogP contribution in [-0.2, 0) is 4.12 Å². The molecule has 15 heavy (non-hydrogen) atoms. The molecule has 0 fully saturated rings. The van der Waals surface area contributed by atoms with Gasteiger partial charge in [-0.1, -0.05) is 65.2 Å². The molecule has 0 spiro atoms. The van der Waals surface area contributed by atoms with Crippen molar-refractivity contribution in [3.8, 4) is 0 Å². The fraction of sp³-hybridized carbons (Fsp3) is 1.00. The molecule has 3 heteroatoms. The Morgan fingerprint density at radius 1 is 0.667 bits per heavy atom. The molecule has 0 amide bonds. The van der Waals surface area contributed by atoms with Crippen molar-refractivity contribution < 1.29 is 4.12 Å². The minimum Gasteiger partial charge on any atom is -0.465 e. The molecular weight excluding hydrogens is 216 g/mol. The van der Waals surface area contributed by atoms with Crippen molar-refractivity contribution in [2.45, 2.75) is 77.3 Å². The van der Waals surface area contributed by atoms with Crippen LogP contribution in [0.25, 0.3) is 0 Å². The monoisotopic (exact) mass is 246 g/mol. The lowest BCUT2D eigenvalue weighted by atomic mass is 10.2. The van der Waals surface area contributed by atoms with Gasteiger partial charge in [0.05, 0.1) is 0 Å². The smallest absolute Gasteiger partial charge is 0.146 e. The molecule has 92 valence electrons. The maximum Gasteiger partial charge on any atom is 0.146 e. The predicted octanol–water partition coefficient (Wildman–Crippen LogP) is 3.17. The molecule has 0 saturated carbocycles. The Morgan fingerprint density at radius 3 is 1.53 bits per heavy atom. The molecule has 0 aromatic rings. The zero-order chi connectivity index (χ0) is 11.2. The van der Waals surface area contributed by atoms with Crippen LogP contribution in [-0.4, -0.2) is 19.5 Å². The fourth-order valence-corrected chi connectivity index (χ4v) is 5.28. The van der Waals surface area contributed by atoms with E-state index in [0.717, 1.165) is 0 Å². The van der Waals surface area contributed by atoms with Gasteiger partial charge < -0.3 is 4.12 Å². The van der Waals surface area contributed by atoms with E-state index in [-0.39, 0.29) is 19.5 Å². The molecule has 0 atom stereocenters. The molecule has 0 aliphatic heterocycles. The van der Waals surface area contributed by atoms with Crippen LogP contribution >= 0.6 is 0 Å². The number of rotatable bonds is 12. The molecule has 0 N–H and O–H groups in total. The summed E-state index contributed by atoms with van der Waals surface area (Å²) in [5.74, 6) is 0. The zero-order valence-electron chi connectivity index (χ0n) is 10.9. The van der Waals surface area contributed by atoms with Gasteiger partial charge in [-0.05, 0) is 12.1 Å². The number of hydrogen-bond acceptors (Lipinski definition) is 1. The Balaban J connectivity index is 2.81. The summed E-state index contributed by atoms with van der Waals surface area (Å²) in [6.45, 7) is 4.55. The van der Waals surface area contributed by atoms with Crippen LogP contribution in [0.15, 0.2) is 0 Å². The minimum absolute atomic E-state index is 0.0944. The van der Waals surface area contributed by atoms with Crippen molar-refractivity contribution in [2.75, 3.05) is 0 Å². The van der Waals surface area contributed by atoms with E-state index in [2.05, 4.69) is 13.8 Å². The van der Waals surface area contributed by atoms with Gasteiger partial charge in [0, 0.05) is 0 Å². The van der Waals surface area contributed by atoms with E-state index >= 15 is 0 Å². The summed E-state index contributed by atoms with van der Waals surface area (Å²) in [6, 6.07) is 2.86. The summed E-state index contributed by atoms with van der Waals surface area (Å²) in [6.07, 6.45) is 11.3. The molecule has 0 bridgehead atoms. The van der Waals surface area contributed by atoms with E-state index in [4.69, 9.17) is 4.12 Å². The summed E-state index contributed by atoms with van der Waals surface area (Å²) in [5.41, 5.74) is 0. The van der Waals surface area contributed by atoms with Crippen LogP contribution in [0, 0.1) is 0 Å². The SMILES string of the molecule is CCCCCC[SiH2]O[SiH2]CCCCCC. The third-order valence-electron chi connectivity index (χ3n) is 2.78. The van der Waals surface area contributed by atoms with Crippen LogP contribution in [0.5, 0.6) is 0 Å². The van der Waals surface area contributed by atoms with E-state index in [1.54, 1.807) is 0 Å². The van der Waals surface area contributed by atoms with Crippen LogP contribution in [0.2, 0.25) is 12.1 Å². The lowest BCUT2D eigenvalue weighted by molar-refractivity contribution is 0.606. The quantitative estimate of drug-likeness (QED) is 0.380. The van der Waals surface area contributed by atoms with Gasteiger partial charge in [-0.25, -0.2) is 0 Å². The molecule has 0 radical (unpaired) electrons. The number of hydrogen-bond donors (Lipinski definition) is 0. The van der Waals surface area contributed by atoms with E-state index in [1.165, 1.54) is 63.5 Å².